The zero-order chi connectivity index (χ0) is 25.2. The molecule has 1 aliphatic heterocycles. The van der Waals surface area contributed by atoms with Crippen LogP contribution in [0.3, 0.4) is 0 Å². The van der Waals surface area contributed by atoms with E-state index in [4.69, 9.17) is 0 Å². The van der Waals surface area contributed by atoms with Crippen molar-refractivity contribution < 1.29 is 13.2 Å². The zero-order valence-electron chi connectivity index (χ0n) is 20.2. The number of benzene rings is 2. The second-order valence-corrected chi connectivity index (χ2v) is 10.7. The third kappa shape index (κ3) is 5.06. The van der Waals surface area contributed by atoms with Gasteiger partial charge in [0.2, 0.25) is 15.9 Å². The van der Waals surface area contributed by atoms with Crippen LogP contribution in [0.1, 0.15) is 43.9 Å². The third-order valence-electron chi connectivity index (χ3n) is 6.39. The highest BCUT2D eigenvalue weighted by Crippen LogP contribution is 2.28. The molecule has 2 aromatic carbocycles. The number of nitrogens with one attached hydrogen (secondary N) is 1. The van der Waals surface area contributed by atoms with Crippen molar-refractivity contribution in [3.63, 3.8) is 0 Å². The summed E-state index contributed by atoms with van der Waals surface area (Å²) in [6, 6.07) is 14.7. The third-order valence-corrected chi connectivity index (χ3v) is 8.43. The van der Waals surface area contributed by atoms with Crippen LogP contribution >= 0.6 is 0 Å². The molecule has 0 radical (unpaired) electrons. The highest BCUT2D eigenvalue weighted by atomic mass is 32.2. The first-order valence-corrected chi connectivity index (χ1v) is 13.3. The molecular formula is C26H30N4O4S. The van der Waals surface area contributed by atoms with Gasteiger partial charge in [0, 0.05) is 30.4 Å². The van der Waals surface area contributed by atoms with Crippen LogP contribution in [0.5, 0.6) is 0 Å². The fraction of sp³-hybridized carbons (Fsp3) is 0.346. The van der Waals surface area contributed by atoms with Gasteiger partial charge in [0.1, 0.15) is 6.04 Å². The number of para-hydroxylation sites is 1. The number of aryl methyl sites for hydroxylation is 2. The van der Waals surface area contributed by atoms with Gasteiger partial charge in [0.15, 0.2) is 0 Å². The Hall–Kier alpha value is -3.30. The van der Waals surface area contributed by atoms with E-state index in [2.05, 4.69) is 10.4 Å². The molecule has 1 N–H and O–H groups in total. The number of carbonyl (C=O) groups is 1. The maximum absolute atomic E-state index is 13.2. The van der Waals surface area contributed by atoms with Gasteiger partial charge in [-0.2, -0.15) is 9.40 Å². The quantitative estimate of drug-likeness (QED) is 0.539. The van der Waals surface area contributed by atoms with Crippen molar-refractivity contribution in [3.05, 3.63) is 76.1 Å². The minimum atomic E-state index is -3.62. The summed E-state index contributed by atoms with van der Waals surface area (Å²) in [5, 5.41) is 7.32. The van der Waals surface area contributed by atoms with E-state index in [9.17, 15) is 18.0 Å². The first-order chi connectivity index (χ1) is 16.7. The highest BCUT2D eigenvalue weighted by molar-refractivity contribution is 7.89. The molecule has 0 saturated carbocycles. The van der Waals surface area contributed by atoms with Crippen LogP contribution in [-0.2, 0) is 21.2 Å². The summed E-state index contributed by atoms with van der Waals surface area (Å²) in [5.74, 6) is -0.362. The molecule has 1 aromatic heterocycles. The Balaban J connectivity index is 1.66. The van der Waals surface area contributed by atoms with Gasteiger partial charge in [-0.25, -0.2) is 13.1 Å². The molecule has 0 unspecified atom stereocenters. The van der Waals surface area contributed by atoms with Crippen molar-refractivity contribution in [2.24, 2.45) is 0 Å². The van der Waals surface area contributed by atoms with Crippen molar-refractivity contribution in [1.29, 1.82) is 0 Å². The van der Waals surface area contributed by atoms with E-state index < -0.39 is 21.6 Å². The summed E-state index contributed by atoms with van der Waals surface area (Å²) >= 11 is 0. The molecule has 1 fully saturated rings. The van der Waals surface area contributed by atoms with Crippen molar-refractivity contribution >= 4 is 21.6 Å². The molecule has 0 aliphatic carbocycles. The Morgan fingerprint density at radius 2 is 1.80 bits per heavy atom. The second kappa shape index (κ2) is 10.1. The molecule has 8 nitrogen and oxygen atoms in total. The molecule has 0 spiro atoms. The molecule has 1 atom stereocenters. The molecule has 1 aliphatic rings. The maximum atomic E-state index is 13.2. The number of amides is 1. The maximum Gasteiger partial charge on any atom is 0.267 e. The van der Waals surface area contributed by atoms with E-state index in [1.807, 2.05) is 31.2 Å². The average Bonchev–Trinajstić information content (AvgIpc) is 3.41. The predicted molar refractivity (Wildman–Crippen MR) is 136 cm³/mol. The largest absolute Gasteiger partial charge is 0.324 e. The lowest BCUT2D eigenvalue weighted by atomic mass is 10.1. The fourth-order valence-corrected chi connectivity index (χ4v) is 6.03. The van der Waals surface area contributed by atoms with Crippen molar-refractivity contribution in [1.82, 2.24) is 14.1 Å². The van der Waals surface area contributed by atoms with Gasteiger partial charge in [-0.15, -0.1) is 0 Å². The minimum Gasteiger partial charge on any atom is -0.324 e. The van der Waals surface area contributed by atoms with Crippen molar-refractivity contribution in [3.8, 4) is 11.3 Å². The first kappa shape index (κ1) is 24.8. The summed E-state index contributed by atoms with van der Waals surface area (Å²) in [7, 11) is -3.62. The lowest BCUT2D eigenvalue weighted by Gasteiger charge is -2.18. The van der Waals surface area contributed by atoms with Crippen LogP contribution < -0.4 is 10.9 Å². The second-order valence-electron chi connectivity index (χ2n) is 8.77. The number of rotatable bonds is 7. The van der Waals surface area contributed by atoms with E-state index in [0.717, 1.165) is 29.5 Å². The average molecular weight is 495 g/mol. The van der Waals surface area contributed by atoms with Crippen LogP contribution in [0.2, 0.25) is 0 Å². The normalized spacial score (nSPS) is 15.2. The van der Waals surface area contributed by atoms with Crippen molar-refractivity contribution in [2.45, 2.75) is 51.0 Å². The molecule has 35 heavy (non-hydrogen) atoms. The van der Waals surface area contributed by atoms with Gasteiger partial charge in [-0.3, -0.25) is 9.59 Å². The number of carbonyl (C=O) groups excluding carboxylic acids is 1. The lowest BCUT2D eigenvalue weighted by molar-refractivity contribution is -0.119. The van der Waals surface area contributed by atoms with E-state index in [-0.39, 0.29) is 10.8 Å². The van der Waals surface area contributed by atoms with Crippen LogP contribution in [0, 0.1) is 6.92 Å². The molecule has 9 heteroatoms. The summed E-state index contributed by atoms with van der Waals surface area (Å²) in [6.07, 6.45) is 2.47. The number of hydrogen-bond donors (Lipinski definition) is 1. The predicted octanol–water partition coefficient (Wildman–Crippen LogP) is 3.77. The highest BCUT2D eigenvalue weighted by Gasteiger charge is 2.29. The first-order valence-electron chi connectivity index (χ1n) is 11.8. The standard InChI is InChI=1S/C26H30N4O4S/c1-4-20-9-5-6-10-22(20)27-26(32)19(3)30-25(31)14-13-23(28-30)21-12-11-18(2)24(17-21)35(33,34)29-15-7-8-16-29/h5-6,9-14,17,19H,4,7-8,15-16H2,1-3H3,(H,27,32)/t19-/m1/s1. The SMILES string of the molecule is CCc1ccccc1NC(=O)[C@@H](C)n1nc(-c2ccc(C)c(S(=O)(=O)N3CCCC3)c2)ccc1=O. The van der Waals surface area contributed by atoms with Crippen molar-refractivity contribution in [2.75, 3.05) is 18.4 Å². The number of sulfonamides is 1. The Labute approximate surface area is 205 Å². The van der Waals surface area contributed by atoms with Gasteiger partial charge in [0.25, 0.3) is 5.56 Å². The zero-order valence-corrected chi connectivity index (χ0v) is 21.0. The van der Waals surface area contributed by atoms with Gasteiger partial charge in [-0.05, 0) is 62.4 Å². The topological polar surface area (TPSA) is 101 Å². The fourth-order valence-electron chi connectivity index (χ4n) is 4.26. The number of aromatic nitrogens is 2. The van der Waals surface area contributed by atoms with E-state index in [1.54, 1.807) is 38.1 Å². The molecule has 3 aromatic rings. The Bertz CT molecular complexity index is 1410. The molecule has 184 valence electrons. The summed E-state index contributed by atoms with van der Waals surface area (Å²) < 4.78 is 29.0. The molecule has 1 saturated heterocycles. The Morgan fingerprint density at radius 3 is 2.51 bits per heavy atom. The molecular weight excluding hydrogens is 464 g/mol. The molecule has 0 bridgehead atoms. The smallest absolute Gasteiger partial charge is 0.267 e. The molecule has 1 amide bonds. The summed E-state index contributed by atoms with van der Waals surface area (Å²) in [6.45, 7) is 6.41. The van der Waals surface area contributed by atoms with Gasteiger partial charge < -0.3 is 5.32 Å². The van der Waals surface area contributed by atoms with Gasteiger partial charge >= 0.3 is 0 Å². The van der Waals surface area contributed by atoms with Crippen LogP contribution in [-0.4, -0.2) is 41.5 Å². The summed E-state index contributed by atoms with van der Waals surface area (Å²) in [4.78, 5) is 25.8. The van der Waals surface area contributed by atoms with E-state index in [1.165, 1.54) is 10.4 Å². The molecule has 2 heterocycles. The number of anilines is 1. The number of nitrogens with zero attached hydrogens (tertiary/aromatic N) is 3. The lowest BCUT2D eigenvalue weighted by Crippen LogP contribution is -2.33. The Kier molecular flexibility index (Phi) is 7.18. The summed E-state index contributed by atoms with van der Waals surface area (Å²) in [5.41, 5.74) is 2.90. The number of hydrogen-bond acceptors (Lipinski definition) is 5. The Morgan fingerprint density at radius 1 is 1.09 bits per heavy atom. The van der Waals surface area contributed by atoms with Crippen LogP contribution in [0.15, 0.2) is 64.3 Å². The van der Waals surface area contributed by atoms with Gasteiger partial charge in [-0.1, -0.05) is 37.3 Å². The van der Waals surface area contributed by atoms with E-state index >= 15 is 0 Å². The van der Waals surface area contributed by atoms with Gasteiger partial charge in [0.05, 0.1) is 10.6 Å². The monoisotopic (exact) mass is 494 g/mol. The van der Waals surface area contributed by atoms with Crippen LogP contribution in [0.25, 0.3) is 11.3 Å². The minimum absolute atomic E-state index is 0.235. The van der Waals surface area contributed by atoms with Crippen LogP contribution in [0.4, 0.5) is 5.69 Å². The molecule has 4 rings (SSSR count). The van der Waals surface area contributed by atoms with E-state index in [0.29, 0.717) is 35.6 Å².